The van der Waals surface area contributed by atoms with Crippen molar-refractivity contribution in [3.8, 4) is 0 Å². The lowest BCUT2D eigenvalue weighted by Gasteiger charge is -2.21. The molecule has 1 N–H and O–H groups in total. The summed E-state index contributed by atoms with van der Waals surface area (Å²) in [4.78, 5) is 22.6. The molecule has 1 saturated carbocycles. The summed E-state index contributed by atoms with van der Waals surface area (Å²) in [6, 6.07) is 0.132. The van der Waals surface area contributed by atoms with Crippen molar-refractivity contribution in [3.63, 3.8) is 0 Å². The SMILES string of the molecule is Cc1c(Cl)nc(C2CC2)nc1N(C)CC(=O)NC(C)C. The molecule has 0 unspecified atom stereocenters. The molecule has 1 amide bonds. The number of likely N-dealkylation sites (N-methyl/N-ethyl adjacent to an activating group) is 1. The number of anilines is 1. The fraction of sp³-hybridized carbons (Fsp3) is 0.643. The van der Waals surface area contributed by atoms with E-state index in [0.29, 0.717) is 11.1 Å². The number of nitrogens with zero attached hydrogens (tertiary/aromatic N) is 3. The first-order chi connectivity index (χ1) is 9.38. The summed E-state index contributed by atoms with van der Waals surface area (Å²) in [5, 5.41) is 3.35. The third-order valence-corrected chi connectivity index (χ3v) is 3.58. The molecule has 1 aliphatic carbocycles. The van der Waals surface area contributed by atoms with Gasteiger partial charge in [-0.25, -0.2) is 9.97 Å². The van der Waals surface area contributed by atoms with Crippen molar-refractivity contribution in [2.45, 2.75) is 45.6 Å². The lowest BCUT2D eigenvalue weighted by atomic mass is 10.3. The number of halogens is 1. The van der Waals surface area contributed by atoms with Crippen LogP contribution in [0.4, 0.5) is 5.82 Å². The summed E-state index contributed by atoms with van der Waals surface area (Å²) in [7, 11) is 1.85. The van der Waals surface area contributed by atoms with Crippen LogP contribution in [0.15, 0.2) is 0 Å². The second-order valence-corrected chi connectivity index (χ2v) is 6.03. The van der Waals surface area contributed by atoms with Crippen LogP contribution in [0, 0.1) is 6.92 Å². The van der Waals surface area contributed by atoms with E-state index in [-0.39, 0.29) is 18.5 Å². The van der Waals surface area contributed by atoms with Gasteiger partial charge in [0.1, 0.15) is 16.8 Å². The summed E-state index contributed by atoms with van der Waals surface area (Å²) >= 11 is 6.18. The molecule has 0 saturated heterocycles. The van der Waals surface area contributed by atoms with E-state index in [2.05, 4.69) is 15.3 Å². The van der Waals surface area contributed by atoms with E-state index in [0.717, 1.165) is 30.0 Å². The standard InChI is InChI=1S/C14H21ClN4O/c1-8(2)16-11(20)7-19(4)14-9(3)12(15)17-13(18-14)10-5-6-10/h8,10H,5-7H2,1-4H3,(H,16,20). The first-order valence-electron chi connectivity index (χ1n) is 6.93. The molecular formula is C14H21ClN4O. The van der Waals surface area contributed by atoms with Gasteiger partial charge in [0.15, 0.2) is 0 Å². The van der Waals surface area contributed by atoms with E-state index < -0.39 is 0 Å². The van der Waals surface area contributed by atoms with E-state index in [1.165, 1.54) is 0 Å². The van der Waals surface area contributed by atoms with Crippen LogP contribution in [0.5, 0.6) is 0 Å². The minimum atomic E-state index is -0.0235. The van der Waals surface area contributed by atoms with E-state index in [1.807, 2.05) is 32.7 Å². The number of aromatic nitrogens is 2. The smallest absolute Gasteiger partial charge is 0.239 e. The van der Waals surface area contributed by atoms with Gasteiger partial charge in [0.25, 0.3) is 0 Å². The predicted molar refractivity (Wildman–Crippen MR) is 80.3 cm³/mol. The van der Waals surface area contributed by atoms with Gasteiger partial charge in [0, 0.05) is 24.6 Å². The number of hydrogen-bond donors (Lipinski definition) is 1. The zero-order chi connectivity index (χ0) is 14.9. The molecule has 1 fully saturated rings. The van der Waals surface area contributed by atoms with Crippen molar-refractivity contribution < 1.29 is 4.79 Å². The third kappa shape index (κ3) is 3.60. The van der Waals surface area contributed by atoms with Crippen LogP contribution >= 0.6 is 11.6 Å². The fourth-order valence-corrected chi connectivity index (χ4v) is 2.22. The fourth-order valence-electron chi connectivity index (χ4n) is 2.05. The van der Waals surface area contributed by atoms with Crippen LogP contribution < -0.4 is 10.2 Å². The van der Waals surface area contributed by atoms with Crippen LogP contribution in [0.2, 0.25) is 5.15 Å². The number of carbonyl (C=O) groups is 1. The number of amides is 1. The summed E-state index contributed by atoms with van der Waals surface area (Å²) in [5.41, 5.74) is 0.816. The Morgan fingerprint density at radius 1 is 1.45 bits per heavy atom. The Balaban J connectivity index is 2.16. The van der Waals surface area contributed by atoms with Gasteiger partial charge < -0.3 is 10.2 Å². The van der Waals surface area contributed by atoms with E-state index in [4.69, 9.17) is 11.6 Å². The minimum absolute atomic E-state index is 0.0235. The van der Waals surface area contributed by atoms with Gasteiger partial charge >= 0.3 is 0 Å². The summed E-state index contributed by atoms with van der Waals surface area (Å²) in [6.07, 6.45) is 2.24. The van der Waals surface area contributed by atoms with Crippen LogP contribution in [-0.2, 0) is 4.79 Å². The molecule has 0 spiro atoms. The van der Waals surface area contributed by atoms with Crippen molar-refractivity contribution in [2.24, 2.45) is 0 Å². The summed E-state index contributed by atoms with van der Waals surface area (Å²) in [6.45, 7) is 6.02. The van der Waals surface area contributed by atoms with Gasteiger partial charge in [-0.2, -0.15) is 0 Å². The lowest BCUT2D eigenvalue weighted by molar-refractivity contribution is -0.120. The topological polar surface area (TPSA) is 58.1 Å². The minimum Gasteiger partial charge on any atom is -0.352 e. The Morgan fingerprint density at radius 2 is 2.10 bits per heavy atom. The normalized spacial score (nSPS) is 14.5. The predicted octanol–water partition coefficient (Wildman–Crippen LogP) is 2.28. The average molecular weight is 297 g/mol. The Hall–Kier alpha value is -1.36. The molecule has 1 aliphatic rings. The van der Waals surface area contributed by atoms with Crippen molar-refractivity contribution in [1.82, 2.24) is 15.3 Å². The highest BCUT2D eigenvalue weighted by Crippen LogP contribution is 2.39. The zero-order valence-electron chi connectivity index (χ0n) is 12.4. The molecule has 0 radical (unpaired) electrons. The Bertz CT molecular complexity index is 514. The molecule has 5 nitrogen and oxygen atoms in total. The Labute approximate surface area is 124 Å². The van der Waals surface area contributed by atoms with E-state index >= 15 is 0 Å². The number of carbonyl (C=O) groups excluding carboxylic acids is 1. The molecule has 1 heterocycles. The van der Waals surface area contributed by atoms with Crippen molar-refractivity contribution in [3.05, 3.63) is 16.5 Å². The molecular weight excluding hydrogens is 276 g/mol. The monoisotopic (exact) mass is 296 g/mol. The molecule has 0 bridgehead atoms. The van der Waals surface area contributed by atoms with E-state index in [9.17, 15) is 4.79 Å². The molecule has 6 heteroatoms. The maximum Gasteiger partial charge on any atom is 0.239 e. The van der Waals surface area contributed by atoms with Crippen molar-refractivity contribution in [2.75, 3.05) is 18.5 Å². The van der Waals surface area contributed by atoms with Crippen LogP contribution in [0.25, 0.3) is 0 Å². The van der Waals surface area contributed by atoms with Gasteiger partial charge in [-0.05, 0) is 33.6 Å². The maximum atomic E-state index is 11.8. The summed E-state index contributed by atoms with van der Waals surface area (Å²) in [5.74, 6) is 1.95. The zero-order valence-corrected chi connectivity index (χ0v) is 13.2. The van der Waals surface area contributed by atoms with Gasteiger partial charge in [-0.15, -0.1) is 0 Å². The first-order valence-corrected chi connectivity index (χ1v) is 7.30. The van der Waals surface area contributed by atoms with Gasteiger partial charge in [-0.1, -0.05) is 11.6 Å². The van der Waals surface area contributed by atoms with Crippen LogP contribution in [-0.4, -0.2) is 35.5 Å². The van der Waals surface area contributed by atoms with Crippen LogP contribution in [0.3, 0.4) is 0 Å². The molecule has 110 valence electrons. The van der Waals surface area contributed by atoms with Crippen LogP contribution in [0.1, 0.15) is 44.0 Å². The second kappa shape index (κ2) is 5.95. The average Bonchev–Trinajstić information content (AvgIpc) is 3.14. The molecule has 0 atom stereocenters. The highest BCUT2D eigenvalue weighted by Gasteiger charge is 2.28. The first kappa shape index (κ1) is 15.0. The van der Waals surface area contributed by atoms with Gasteiger partial charge in [-0.3, -0.25) is 4.79 Å². The lowest BCUT2D eigenvalue weighted by Crippen LogP contribution is -2.39. The van der Waals surface area contributed by atoms with Gasteiger partial charge in [0.05, 0.1) is 6.54 Å². The quantitative estimate of drug-likeness (QED) is 0.847. The van der Waals surface area contributed by atoms with Crippen molar-refractivity contribution >= 4 is 23.3 Å². The largest absolute Gasteiger partial charge is 0.352 e. The molecule has 0 aromatic carbocycles. The number of hydrogen-bond acceptors (Lipinski definition) is 4. The van der Waals surface area contributed by atoms with E-state index in [1.54, 1.807) is 0 Å². The molecule has 1 aromatic heterocycles. The molecule has 20 heavy (non-hydrogen) atoms. The third-order valence-electron chi connectivity index (χ3n) is 3.21. The maximum absolute atomic E-state index is 11.8. The Kier molecular flexibility index (Phi) is 4.48. The highest BCUT2D eigenvalue weighted by atomic mass is 35.5. The number of nitrogens with one attached hydrogen (secondary N) is 1. The summed E-state index contributed by atoms with van der Waals surface area (Å²) < 4.78 is 0. The number of rotatable bonds is 5. The molecule has 1 aromatic rings. The Morgan fingerprint density at radius 3 is 2.65 bits per heavy atom. The second-order valence-electron chi connectivity index (χ2n) is 5.67. The molecule has 2 rings (SSSR count). The highest BCUT2D eigenvalue weighted by molar-refractivity contribution is 6.30. The van der Waals surface area contributed by atoms with Crippen molar-refractivity contribution in [1.29, 1.82) is 0 Å². The van der Waals surface area contributed by atoms with Gasteiger partial charge in [0.2, 0.25) is 5.91 Å². The molecule has 0 aliphatic heterocycles.